The molecule has 0 saturated carbocycles. The highest BCUT2D eigenvalue weighted by molar-refractivity contribution is 7.89. The molecular formula is C13H17ClN2O4S. The van der Waals surface area contributed by atoms with E-state index in [-0.39, 0.29) is 28.8 Å². The quantitative estimate of drug-likeness (QED) is 0.668. The van der Waals surface area contributed by atoms with Gasteiger partial charge in [-0.25, -0.2) is 8.42 Å². The summed E-state index contributed by atoms with van der Waals surface area (Å²) < 4.78 is 31.4. The van der Waals surface area contributed by atoms with Gasteiger partial charge in [-0.05, 0) is 38.0 Å². The van der Waals surface area contributed by atoms with Gasteiger partial charge in [-0.15, -0.1) is 0 Å². The van der Waals surface area contributed by atoms with Crippen molar-refractivity contribution in [2.24, 2.45) is 0 Å². The van der Waals surface area contributed by atoms with Crippen LogP contribution < -0.4 is 5.73 Å². The molecule has 1 saturated heterocycles. The van der Waals surface area contributed by atoms with Crippen molar-refractivity contribution in [3.05, 3.63) is 23.2 Å². The number of nitrogen functional groups attached to an aromatic ring is 1. The third kappa shape index (κ3) is 3.14. The van der Waals surface area contributed by atoms with E-state index in [1.54, 1.807) is 6.92 Å². The van der Waals surface area contributed by atoms with E-state index in [2.05, 4.69) is 0 Å². The van der Waals surface area contributed by atoms with Gasteiger partial charge in [0.1, 0.15) is 6.04 Å². The zero-order valence-corrected chi connectivity index (χ0v) is 13.2. The maximum atomic E-state index is 12.6. The Morgan fingerprint density at radius 2 is 2.24 bits per heavy atom. The SMILES string of the molecule is CCOC(=O)C1CCCN1S(=O)(=O)c1ccc(Cl)c(N)c1. The number of nitrogens with two attached hydrogens (primary N) is 1. The van der Waals surface area contributed by atoms with Crippen molar-refractivity contribution in [3.8, 4) is 0 Å². The first-order chi connectivity index (χ1) is 9.87. The largest absolute Gasteiger partial charge is 0.465 e. The van der Waals surface area contributed by atoms with Gasteiger partial charge in [-0.3, -0.25) is 4.79 Å². The van der Waals surface area contributed by atoms with E-state index in [0.29, 0.717) is 12.8 Å². The Hall–Kier alpha value is -1.31. The number of rotatable bonds is 4. The van der Waals surface area contributed by atoms with E-state index in [4.69, 9.17) is 22.1 Å². The van der Waals surface area contributed by atoms with Gasteiger partial charge >= 0.3 is 5.97 Å². The molecule has 0 amide bonds. The standard InChI is InChI=1S/C13H17ClN2O4S/c1-2-20-13(17)12-4-3-7-16(12)21(18,19)9-5-6-10(14)11(15)8-9/h5-6,8,12H,2-4,7,15H2,1H3. The van der Waals surface area contributed by atoms with E-state index in [1.807, 2.05) is 0 Å². The molecule has 8 heteroatoms. The molecule has 0 radical (unpaired) electrons. The molecule has 1 aliphatic rings. The van der Waals surface area contributed by atoms with Crippen LogP contribution in [0.25, 0.3) is 0 Å². The second-order valence-electron chi connectivity index (χ2n) is 4.71. The maximum absolute atomic E-state index is 12.6. The minimum Gasteiger partial charge on any atom is -0.465 e. The smallest absolute Gasteiger partial charge is 0.324 e. The van der Waals surface area contributed by atoms with E-state index >= 15 is 0 Å². The zero-order valence-electron chi connectivity index (χ0n) is 11.6. The fraction of sp³-hybridized carbons (Fsp3) is 0.462. The van der Waals surface area contributed by atoms with Gasteiger partial charge in [0.05, 0.1) is 22.2 Å². The second kappa shape index (κ2) is 6.21. The number of sulfonamides is 1. The highest BCUT2D eigenvalue weighted by atomic mass is 35.5. The first-order valence-corrected chi connectivity index (χ1v) is 8.43. The Labute approximate surface area is 128 Å². The Balaban J connectivity index is 2.33. The third-order valence-corrected chi connectivity index (χ3v) is 5.58. The van der Waals surface area contributed by atoms with Gasteiger partial charge in [-0.1, -0.05) is 11.6 Å². The predicted octanol–water partition coefficient (Wildman–Crippen LogP) is 1.64. The molecule has 2 N–H and O–H groups in total. The van der Waals surface area contributed by atoms with Crippen LogP contribution in [0.1, 0.15) is 19.8 Å². The number of hydrogen-bond donors (Lipinski definition) is 1. The lowest BCUT2D eigenvalue weighted by atomic mass is 10.2. The predicted molar refractivity (Wildman–Crippen MR) is 79.4 cm³/mol. The summed E-state index contributed by atoms with van der Waals surface area (Å²) in [6.45, 7) is 2.19. The minimum atomic E-state index is -3.80. The van der Waals surface area contributed by atoms with Gasteiger partial charge in [0.25, 0.3) is 0 Å². The number of halogens is 1. The number of benzene rings is 1. The summed E-state index contributed by atoms with van der Waals surface area (Å²) in [5.74, 6) is -0.513. The van der Waals surface area contributed by atoms with Crippen molar-refractivity contribution in [1.82, 2.24) is 4.31 Å². The van der Waals surface area contributed by atoms with Crippen LogP contribution >= 0.6 is 11.6 Å². The van der Waals surface area contributed by atoms with Crippen LogP contribution in [0, 0.1) is 0 Å². The van der Waals surface area contributed by atoms with E-state index < -0.39 is 22.0 Å². The van der Waals surface area contributed by atoms with Gasteiger partial charge in [0.15, 0.2) is 0 Å². The summed E-state index contributed by atoms with van der Waals surface area (Å²) in [6.07, 6.45) is 1.08. The van der Waals surface area contributed by atoms with Crippen molar-refractivity contribution in [2.45, 2.75) is 30.7 Å². The molecule has 1 fully saturated rings. The number of carbonyl (C=O) groups excluding carboxylic acids is 1. The molecule has 0 aromatic heterocycles. The van der Waals surface area contributed by atoms with Crippen molar-refractivity contribution in [2.75, 3.05) is 18.9 Å². The molecule has 0 aliphatic carbocycles. The lowest BCUT2D eigenvalue weighted by Crippen LogP contribution is -2.41. The highest BCUT2D eigenvalue weighted by Gasteiger charge is 2.40. The van der Waals surface area contributed by atoms with Crippen LogP contribution in [-0.4, -0.2) is 37.9 Å². The Bertz CT molecular complexity index is 648. The van der Waals surface area contributed by atoms with Crippen molar-refractivity contribution in [1.29, 1.82) is 0 Å². The summed E-state index contributed by atoms with van der Waals surface area (Å²) >= 11 is 5.80. The number of carbonyl (C=O) groups is 1. The lowest BCUT2D eigenvalue weighted by molar-refractivity contribution is -0.146. The average molecular weight is 333 g/mol. The molecule has 1 aromatic carbocycles. The normalized spacial score (nSPS) is 19.6. The summed E-state index contributed by atoms with van der Waals surface area (Å²) in [5.41, 5.74) is 5.84. The monoisotopic (exact) mass is 332 g/mol. The molecule has 21 heavy (non-hydrogen) atoms. The molecule has 2 rings (SSSR count). The number of nitrogens with zero attached hydrogens (tertiary/aromatic N) is 1. The second-order valence-corrected chi connectivity index (χ2v) is 7.01. The van der Waals surface area contributed by atoms with Gasteiger partial charge in [0, 0.05) is 6.54 Å². The first kappa shape index (κ1) is 16.1. The molecule has 1 aromatic rings. The average Bonchev–Trinajstić information content (AvgIpc) is 2.92. The molecule has 1 aliphatic heterocycles. The molecule has 116 valence electrons. The Kier molecular flexibility index (Phi) is 4.75. The zero-order chi connectivity index (χ0) is 15.6. The molecule has 0 spiro atoms. The molecule has 1 heterocycles. The lowest BCUT2D eigenvalue weighted by Gasteiger charge is -2.22. The fourth-order valence-corrected chi connectivity index (χ4v) is 4.12. The summed E-state index contributed by atoms with van der Waals surface area (Å²) in [6, 6.07) is 3.35. The molecular weight excluding hydrogens is 316 g/mol. The summed E-state index contributed by atoms with van der Waals surface area (Å²) in [4.78, 5) is 11.9. The minimum absolute atomic E-state index is 0.0283. The van der Waals surface area contributed by atoms with E-state index in [9.17, 15) is 13.2 Å². The van der Waals surface area contributed by atoms with Crippen LogP contribution in [0.5, 0.6) is 0 Å². The van der Waals surface area contributed by atoms with Crippen LogP contribution in [0.2, 0.25) is 5.02 Å². The number of ether oxygens (including phenoxy) is 1. The molecule has 6 nitrogen and oxygen atoms in total. The van der Waals surface area contributed by atoms with Gasteiger partial charge in [0.2, 0.25) is 10.0 Å². The van der Waals surface area contributed by atoms with Crippen molar-refractivity contribution >= 4 is 33.3 Å². The van der Waals surface area contributed by atoms with E-state index in [1.165, 1.54) is 22.5 Å². The fourth-order valence-electron chi connectivity index (χ4n) is 2.32. The van der Waals surface area contributed by atoms with Crippen LogP contribution in [0.15, 0.2) is 23.1 Å². The van der Waals surface area contributed by atoms with Crippen molar-refractivity contribution in [3.63, 3.8) is 0 Å². The van der Waals surface area contributed by atoms with Crippen LogP contribution in [0.3, 0.4) is 0 Å². The van der Waals surface area contributed by atoms with Gasteiger partial charge < -0.3 is 10.5 Å². The Morgan fingerprint density at radius 3 is 2.86 bits per heavy atom. The van der Waals surface area contributed by atoms with Gasteiger partial charge in [-0.2, -0.15) is 4.31 Å². The number of esters is 1. The van der Waals surface area contributed by atoms with Crippen molar-refractivity contribution < 1.29 is 17.9 Å². The Morgan fingerprint density at radius 1 is 1.52 bits per heavy atom. The molecule has 0 bridgehead atoms. The maximum Gasteiger partial charge on any atom is 0.324 e. The van der Waals surface area contributed by atoms with Crippen LogP contribution in [0.4, 0.5) is 5.69 Å². The van der Waals surface area contributed by atoms with E-state index in [0.717, 1.165) is 0 Å². The third-order valence-electron chi connectivity index (χ3n) is 3.34. The number of hydrogen-bond acceptors (Lipinski definition) is 5. The highest BCUT2D eigenvalue weighted by Crippen LogP contribution is 2.29. The number of anilines is 1. The topological polar surface area (TPSA) is 89.7 Å². The molecule has 1 atom stereocenters. The summed E-state index contributed by atoms with van der Waals surface area (Å²) in [7, 11) is -3.80. The summed E-state index contributed by atoms with van der Waals surface area (Å²) in [5, 5.41) is 0.289. The van der Waals surface area contributed by atoms with Crippen LogP contribution in [-0.2, 0) is 19.6 Å². The first-order valence-electron chi connectivity index (χ1n) is 6.61. The molecule has 1 unspecified atom stereocenters.